The number of rotatable bonds is 10. The smallest absolute Gasteiger partial charge is 0.184 e. The van der Waals surface area contributed by atoms with E-state index in [1.807, 2.05) is 41.9 Å². The van der Waals surface area contributed by atoms with Gasteiger partial charge in [0.1, 0.15) is 0 Å². The van der Waals surface area contributed by atoms with Gasteiger partial charge in [0.25, 0.3) is 0 Å². The summed E-state index contributed by atoms with van der Waals surface area (Å²) in [7, 11) is 0. The van der Waals surface area contributed by atoms with Crippen molar-refractivity contribution < 1.29 is 5.11 Å². The fourth-order valence-corrected chi connectivity index (χ4v) is 4.66. The van der Waals surface area contributed by atoms with Crippen LogP contribution in [0.25, 0.3) is 22.6 Å². The number of aliphatic hydroxyl groups excluding tert-OH is 1. The van der Waals surface area contributed by atoms with Gasteiger partial charge in [-0.1, -0.05) is 87.4 Å². The van der Waals surface area contributed by atoms with Gasteiger partial charge in [-0.25, -0.2) is 14.6 Å². The molecule has 0 radical (unpaired) electrons. The molecule has 0 unspecified atom stereocenters. The van der Waals surface area contributed by atoms with Gasteiger partial charge >= 0.3 is 0 Å². The fraction of sp³-hybridized carbons (Fsp3) is 0.600. The van der Waals surface area contributed by atoms with E-state index in [1.165, 1.54) is 32.1 Å². The number of anilines is 1. The number of nitrogens with zero attached hydrogens (tertiary/aromatic N) is 5. The molecular formula is C25H36N6O. The third kappa shape index (κ3) is 5.26. The maximum Gasteiger partial charge on any atom is 0.184 e. The summed E-state index contributed by atoms with van der Waals surface area (Å²) in [6, 6.07) is 10.3. The lowest BCUT2D eigenvalue weighted by Gasteiger charge is -2.24. The number of hydrogen-bond donors (Lipinski definition) is 2. The average Bonchev–Trinajstić information content (AvgIpc) is 3.24. The zero-order chi connectivity index (χ0) is 22.3. The number of aromatic nitrogens is 5. The van der Waals surface area contributed by atoms with Crippen molar-refractivity contribution in [3.63, 3.8) is 0 Å². The van der Waals surface area contributed by atoms with Gasteiger partial charge in [-0.05, 0) is 26.2 Å². The zero-order valence-corrected chi connectivity index (χ0v) is 19.4. The summed E-state index contributed by atoms with van der Waals surface area (Å²) in [4.78, 5) is 9.75. The van der Waals surface area contributed by atoms with Crippen molar-refractivity contribution in [2.75, 3.05) is 5.32 Å². The van der Waals surface area contributed by atoms with Gasteiger partial charge in [-0.15, -0.1) is 5.10 Å². The molecule has 0 amide bonds. The first kappa shape index (κ1) is 22.6. The number of unbranched alkanes of at least 4 members (excludes halogenated alkanes) is 3. The molecule has 1 fully saturated rings. The van der Waals surface area contributed by atoms with Crippen LogP contribution in [-0.2, 0) is 0 Å². The fourth-order valence-electron chi connectivity index (χ4n) is 4.66. The van der Waals surface area contributed by atoms with Crippen LogP contribution in [0.5, 0.6) is 0 Å². The van der Waals surface area contributed by atoms with Crippen LogP contribution < -0.4 is 5.32 Å². The summed E-state index contributed by atoms with van der Waals surface area (Å²) in [6.07, 6.45) is 11.0. The summed E-state index contributed by atoms with van der Waals surface area (Å²) >= 11 is 0. The van der Waals surface area contributed by atoms with Crippen LogP contribution in [0.1, 0.15) is 84.1 Å². The van der Waals surface area contributed by atoms with Gasteiger partial charge in [-0.2, -0.15) is 0 Å². The second kappa shape index (κ2) is 10.9. The lowest BCUT2D eigenvalue weighted by atomic mass is 9.95. The first-order valence-electron chi connectivity index (χ1n) is 12.3. The van der Waals surface area contributed by atoms with Gasteiger partial charge in [0.2, 0.25) is 0 Å². The first-order chi connectivity index (χ1) is 15.7. The molecule has 2 aromatic heterocycles. The lowest BCUT2D eigenvalue weighted by Crippen LogP contribution is -2.24. The number of benzene rings is 1. The SMILES string of the molecule is CCCCCC[C@@H]([C@H](C)O)n1nnc2c(NC3CCCCC3)nc(-c3ccccc3)nc21. The molecule has 0 bridgehead atoms. The highest BCUT2D eigenvalue weighted by molar-refractivity contribution is 5.84. The number of fused-ring (bicyclic) bond motifs is 1. The summed E-state index contributed by atoms with van der Waals surface area (Å²) in [5.74, 6) is 1.41. The molecule has 2 N–H and O–H groups in total. The van der Waals surface area contributed by atoms with Crippen molar-refractivity contribution >= 4 is 17.0 Å². The van der Waals surface area contributed by atoms with Crippen molar-refractivity contribution in [3.8, 4) is 11.4 Å². The molecule has 7 heteroatoms. The average molecular weight is 437 g/mol. The van der Waals surface area contributed by atoms with E-state index in [9.17, 15) is 5.11 Å². The van der Waals surface area contributed by atoms with Crippen LogP contribution >= 0.6 is 0 Å². The Balaban J connectivity index is 1.73. The van der Waals surface area contributed by atoms with Gasteiger partial charge in [0.05, 0.1) is 12.1 Å². The summed E-state index contributed by atoms with van der Waals surface area (Å²) in [5.41, 5.74) is 2.35. The van der Waals surface area contributed by atoms with E-state index in [2.05, 4.69) is 22.6 Å². The molecule has 4 rings (SSSR count). The third-order valence-corrected chi connectivity index (χ3v) is 6.53. The lowest BCUT2D eigenvalue weighted by molar-refractivity contribution is 0.116. The van der Waals surface area contributed by atoms with E-state index in [4.69, 9.17) is 9.97 Å². The number of hydrogen-bond acceptors (Lipinski definition) is 6. The zero-order valence-electron chi connectivity index (χ0n) is 19.4. The molecule has 1 aromatic carbocycles. The molecule has 2 atom stereocenters. The third-order valence-electron chi connectivity index (χ3n) is 6.53. The second-order valence-electron chi connectivity index (χ2n) is 9.10. The largest absolute Gasteiger partial charge is 0.391 e. The highest BCUT2D eigenvalue weighted by Crippen LogP contribution is 2.30. The van der Waals surface area contributed by atoms with Crippen molar-refractivity contribution in [3.05, 3.63) is 30.3 Å². The molecule has 0 saturated heterocycles. The van der Waals surface area contributed by atoms with Crippen LogP contribution in [0.4, 0.5) is 5.82 Å². The van der Waals surface area contributed by atoms with Crippen LogP contribution in [-0.4, -0.2) is 42.2 Å². The molecule has 32 heavy (non-hydrogen) atoms. The number of nitrogens with one attached hydrogen (secondary N) is 1. The molecule has 1 aliphatic carbocycles. The molecule has 172 valence electrons. The Morgan fingerprint density at radius 2 is 1.84 bits per heavy atom. The van der Waals surface area contributed by atoms with Gasteiger partial charge in [0.15, 0.2) is 22.8 Å². The maximum atomic E-state index is 10.6. The Morgan fingerprint density at radius 3 is 2.56 bits per heavy atom. The normalized spacial score (nSPS) is 16.8. The number of aliphatic hydroxyl groups is 1. The summed E-state index contributed by atoms with van der Waals surface area (Å²) < 4.78 is 1.83. The van der Waals surface area contributed by atoms with E-state index in [1.54, 1.807) is 0 Å². The van der Waals surface area contributed by atoms with E-state index in [0.29, 0.717) is 23.0 Å². The predicted octanol–water partition coefficient (Wildman–Crippen LogP) is 5.53. The van der Waals surface area contributed by atoms with Crippen molar-refractivity contribution in [2.45, 2.75) is 96.2 Å². The quantitative estimate of drug-likeness (QED) is 0.407. The van der Waals surface area contributed by atoms with Gasteiger partial charge in [0, 0.05) is 11.6 Å². The second-order valence-corrected chi connectivity index (χ2v) is 9.10. The van der Waals surface area contributed by atoms with Crippen LogP contribution in [0.2, 0.25) is 0 Å². The van der Waals surface area contributed by atoms with Crippen LogP contribution in [0.15, 0.2) is 30.3 Å². The van der Waals surface area contributed by atoms with Crippen LogP contribution in [0.3, 0.4) is 0 Å². The topological polar surface area (TPSA) is 88.8 Å². The molecular weight excluding hydrogens is 400 g/mol. The summed E-state index contributed by atoms with van der Waals surface area (Å²) in [5, 5.41) is 23.2. The van der Waals surface area contributed by atoms with E-state index < -0.39 is 6.10 Å². The molecule has 7 nitrogen and oxygen atoms in total. The van der Waals surface area contributed by atoms with Gasteiger partial charge in [-0.3, -0.25) is 0 Å². The van der Waals surface area contributed by atoms with Crippen molar-refractivity contribution in [2.24, 2.45) is 0 Å². The molecule has 1 saturated carbocycles. The monoisotopic (exact) mass is 436 g/mol. The standard InChI is InChI=1S/C25H36N6O/c1-3-4-5-12-17-21(18(2)32)31-25-22(29-30-31)24(26-20-15-10-7-11-16-20)27-23(28-25)19-13-8-6-9-14-19/h6,8-9,13-14,18,20-21,32H,3-5,7,10-12,15-17H2,1-2H3,(H,26,27,28)/t18-,21-/m0/s1. The molecule has 0 aliphatic heterocycles. The Kier molecular flexibility index (Phi) is 7.68. The van der Waals surface area contributed by atoms with E-state index in [-0.39, 0.29) is 6.04 Å². The highest BCUT2D eigenvalue weighted by atomic mass is 16.3. The van der Waals surface area contributed by atoms with Crippen LogP contribution in [0, 0.1) is 0 Å². The molecule has 3 aromatic rings. The Bertz CT molecular complexity index is 981. The Morgan fingerprint density at radius 1 is 1.06 bits per heavy atom. The van der Waals surface area contributed by atoms with Gasteiger partial charge < -0.3 is 10.4 Å². The minimum Gasteiger partial charge on any atom is -0.391 e. The minimum atomic E-state index is -0.536. The Labute approximate surface area is 190 Å². The molecule has 0 spiro atoms. The van der Waals surface area contributed by atoms with E-state index in [0.717, 1.165) is 43.5 Å². The Hall–Kier alpha value is -2.54. The molecule has 1 aliphatic rings. The first-order valence-corrected chi connectivity index (χ1v) is 12.3. The van der Waals surface area contributed by atoms with E-state index >= 15 is 0 Å². The minimum absolute atomic E-state index is 0.155. The maximum absolute atomic E-state index is 10.6. The highest BCUT2D eigenvalue weighted by Gasteiger charge is 2.25. The molecule has 2 heterocycles. The predicted molar refractivity (Wildman–Crippen MR) is 129 cm³/mol. The summed E-state index contributed by atoms with van der Waals surface area (Å²) in [6.45, 7) is 4.04. The van der Waals surface area contributed by atoms with Crippen molar-refractivity contribution in [1.29, 1.82) is 0 Å². The van der Waals surface area contributed by atoms with Crippen molar-refractivity contribution in [1.82, 2.24) is 25.0 Å².